The summed E-state index contributed by atoms with van der Waals surface area (Å²) in [6.45, 7) is 0. The van der Waals surface area contributed by atoms with Gasteiger partial charge in [-0.05, 0) is 0 Å². The second kappa shape index (κ2) is 16.7. The molecule has 0 aromatic rings. The summed E-state index contributed by atoms with van der Waals surface area (Å²) < 4.78 is 0. The van der Waals surface area contributed by atoms with Gasteiger partial charge in [-0.15, -0.1) is 0 Å². The molecule has 0 aromatic carbocycles. The van der Waals surface area contributed by atoms with Crippen LogP contribution < -0.4 is 0 Å². The first-order valence-electron chi connectivity index (χ1n) is 0.535. The Hall–Kier alpha value is 2.00. The minimum absolute atomic E-state index is 0. The van der Waals surface area contributed by atoms with E-state index in [1.165, 1.54) is 0 Å². The fourth-order valence-electron chi connectivity index (χ4n) is 0. The standard InChI is InChI=1S/2HI.2H2O.Zn/h2*1H;2*1H2;/q;;;;+2/p-2. The average Bonchev–Trinajstić information content (AvgIpc) is 0.918. The predicted molar refractivity (Wildman–Crippen MR) is 35.3 cm³/mol. The Kier molecular flexibility index (Phi) is 52.5. The second-order valence-electron chi connectivity index (χ2n) is 0.101. The quantitative estimate of drug-likeness (QED) is 0.438. The molecule has 32 valence electrons. The SMILES string of the molecule is O.O.[I][Zn][I]. The summed E-state index contributed by atoms with van der Waals surface area (Å²) in [7, 11) is 0.0650. The van der Waals surface area contributed by atoms with Gasteiger partial charge in [-0.1, -0.05) is 0 Å². The zero-order chi connectivity index (χ0) is 2.71. The van der Waals surface area contributed by atoms with Crippen LogP contribution in [0.3, 0.4) is 0 Å². The third-order valence-corrected chi connectivity index (χ3v) is 0. The summed E-state index contributed by atoms with van der Waals surface area (Å²) in [5, 5.41) is 0. The van der Waals surface area contributed by atoms with Crippen LogP contribution in [-0.2, 0) is 10.1 Å². The molecule has 0 rings (SSSR count). The third-order valence-electron chi connectivity index (χ3n) is 0. The van der Waals surface area contributed by atoms with Gasteiger partial charge in [-0.3, -0.25) is 0 Å². The van der Waals surface area contributed by atoms with Crippen molar-refractivity contribution in [2.75, 3.05) is 0 Å². The van der Waals surface area contributed by atoms with E-state index in [1.54, 1.807) is 0 Å². The van der Waals surface area contributed by atoms with Gasteiger partial charge in [0.1, 0.15) is 0 Å². The summed E-state index contributed by atoms with van der Waals surface area (Å²) in [6.07, 6.45) is 0. The minimum atomic E-state index is 0. The van der Waals surface area contributed by atoms with E-state index in [9.17, 15) is 0 Å². The fourth-order valence-corrected chi connectivity index (χ4v) is 0. The van der Waals surface area contributed by atoms with E-state index in [1.807, 2.05) is 0 Å². The summed E-state index contributed by atoms with van der Waals surface area (Å²) in [5.74, 6) is 0. The molecule has 0 saturated carbocycles. The molecule has 0 saturated heterocycles. The van der Waals surface area contributed by atoms with Crippen molar-refractivity contribution in [1.29, 1.82) is 0 Å². The molecule has 0 aliphatic carbocycles. The van der Waals surface area contributed by atoms with Gasteiger partial charge < -0.3 is 11.0 Å². The van der Waals surface area contributed by atoms with Crippen LogP contribution in [-0.4, -0.2) is 11.0 Å². The molecule has 0 heterocycles. The predicted octanol–water partition coefficient (Wildman–Crippen LogP) is 0.120. The molecule has 0 unspecified atom stereocenters. The first-order chi connectivity index (χ1) is 1.41. The third kappa shape index (κ3) is 24.0. The van der Waals surface area contributed by atoms with E-state index >= 15 is 0 Å². The van der Waals surface area contributed by atoms with Crippen LogP contribution in [0.5, 0.6) is 0 Å². The number of rotatable bonds is 0. The van der Waals surface area contributed by atoms with E-state index in [0.717, 1.165) is 0 Å². The Morgan fingerprint density at radius 2 is 1.00 bits per heavy atom. The summed E-state index contributed by atoms with van der Waals surface area (Å²) in [5.41, 5.74) is 0. The monoisotopic (exact) mass is 354 g/mol. The van der Waals surface area contributed by atoms with Crippen LogP contribution in [0.15, 0.2) is 0 Å². The van der Waals surface area contributed by atoms with Crippen molar-refractivity contribution >= 4 is 39.5 Å². The Balaban J connectivity index is -0.0000000200. The number of halogens is 2. The fraction of sp³-hybridized carbons (Fsp3) is 0. The molecular formula is H4I2O2Zn. The van der Waals surface area contributed by atoms with E-state index in [4.69, 9.17) is 0 Å². The van der Waals surface area contributed by atoms with Crippen LogP contribution in [0, 0.1) is 0 Å². The zero-order valence-corrected chi connectivity index (χ0v) is 9.75. The van der Waals surface area contributed by atoms with Crippen LogP contribution in [0.2, 0.25) is 0 Å². The Morgan fingerprint density at radius 1 is 1.00 bits per heavy atom. The molecule has 5 heteroatoms. The van der Waals surface area contributed by atoms with Crippen LogP contribution in [0.25, 0.3) is 0 Å². The Bertz CT molecular complexity index is 7.61. The summed E-state index contributed by atoms with van der Waals surface area (Å²) in [6, 6.07) is 0. The first-order valence-corrected chi connectivity index (χ1v) is 18.6. The van der Waals surface area contributed by atoms with E-state index in [-0.39, 0.29) is 21.1 Å². The van der Waals surface area contributed by atoms with Gasteiger partial charge in [0.2, 0.25) is 0 Å². The van der Waals surface area contributed by atoms with Crippen molar-refractivity contribution in [3.05, 3.63) is 0 Å². The normalized spacial score (nSPS) is 2.00. The average molecular weight is 355 g/mol. The first kappa shape index (κ1) is 15.7. The van der Waals surface area contributed by atoms with Gasteiger partial charge in [-0.25, -0.2) is 0 Å². The Labute approximate surface area is 59.7 Å². The number of hydrogen-bond acceptors (Lipinski definition) is 0. The van der Waals surface area contributed by atoms with E-state index in [2.05, 4.69) is 39.5 Å². The van der Waals surface area contributed by atoms with Crippen molar-refractivity contribution in [3.8, 4) is 0 Å². The van der Waals surface area contributed by atoms with Crippen molar-refractivity contribution in [2.24, 2.45) is 0 Å². The molecule has 0 spiro atoms. The van der Waals surface area contributed by atoms with Gasteiger partial charge in [0.05, 0.1) is 0 Å². The van der Waals surface area contributed by atoms with Crippen molar-refractivity contribution < 1.29 is 21.1 Å². The molecule has 0 aliphatic rings. The van der Waals surface area contributed by atoms with Crippen molar-refractivity contribution in [1.82, 2.24) is 0 Å². The van der Waals surface area contributed by atoms with Gasteiger partial charge in [0, 0.05) is 0 Å². The molecular weight excluding hydrogens is 351 g/mol. The molecule has 0 fully saturated rings. The Morgan fingerprint density at radius 3 is 1.00 bits per heavy atom. The van der Waals surface area contributed by atoms with Gasteiger partial charge in [0.15, 0.2) is 0 Å². The molecule has 2 nitrogen and oxygen atoms in total. The molecule has 4 N–H and O–H groups in total. The van der Waals surface area contributed by atoms with Crippen molar-refractivity contribution in [3.63, 3.8) is 0 Å². The maximum absolute atomic E-state index is 2.46. The topological polar surface area (TPSA) is 63.0 Å². The molecule has 0 bridgehead atoms. The maximum atomic E-state index is 2.46. The van der Waals surface area contributed by atoms with Gasteiger partial charge >= 0.3 is 49.6 Å². The molecule has 0 atom stereocenters. The van der Waals surface area contributed by atoms with Crippen LogP contribution >= 0.6 is 39.5 Å². The molecule has 0 aromatic heterocycles. The van der Waals surface area contributed by atoms with Gasteiger partial charge in [-0.2, -0.15) is 0 Å². The van der Waals surface area contributed by atoms with Crippen LogP contribution in [0.4, 0.5) is 0 Å². The van der Waals surface area contributed by atoms with E-state index < -0.39 is 0 Å². The molecule has 0 aliphatic heterocycles. The second-order valence-corrected chi connectivity index (χ2v) is 23.6. The summed E-state index contributed by atoms with van der Waals surface area (Å²) in [4.78, 5) is 0. The molecule has 5 heavy (non-hydrogen) atoms. The molecule has 0 amide bonds. The molecule has 0 radical (unpaired) electrons. The van der Waals surface area contributed by atoms with E-state index in [0.29, 0.717) is 0 Å². The number of hydrogen-bond donors (Lipinski definition) is 0. The zero-order valence-electron chi connectivity index (χ0n) is 2.46. The van der Waals surface area contributed by atoms with Gasteiger partial charge in [0.25, 0.3) is 0 Å². The summed E-state index contributed by atoms with van der Waals surface area (Å²) >= 11 is 4.93. The van der Waals surface area contributed by atoms with Crippen molar-refractivity contribution in [2.45, 2.75) is 0 Å². The van der Waals surface area contributed by atoms with Crippen LogP contribution in [0.1, 0.15) is 0 Å².